The highest BCUT2D eigenvalue weighted by atomic mass is 17.3. The van der Waals surface area contributed by atoms with Gasteiger partial charge in [0.2, 0.25) is 53.7 Å². The summed E-state index contributed by atoms with van der Waals surface area (Å²) in [6, 6.07) is 0. The van der Waals surface area contributed by atoms with Gasteiger partial charge in [0.25, 0.3) is 25.3 Å². The Kier molecular flexibility index (Phi) is 20.1. The van der Waals surface area contributed by atoms with Gasteiger partial charge in [0.1, 0.15) is 43.3 Å². The molecule has 41 atom stereocenters. The maximum Gasteiger partial charge on any atom is 0.325 e. The number of nitrogens with one attached hydrogen (secondary N) is 1. The molecule has 126 heavy (non-hydrogen) atoms. The van der Waals surface area contributed by atoms with Crippen molar-refractivity contribution in [1.82, 2.24) is 10.2 Å². The Morgan fingerprint density at radius 3 is 1.19 bits per heavy atom. The first-order valence-corrected chi connectivity index (χ1v) is 47.0. The Bertz CT molecular complexity index is 4490. The topological polar surface area (TPSA) is 392 Å². The van der Waals surface area contributed by atoms with Crippen LogP contribution in [0.25, 0.3) is 0 Å². The number of carbonyl (C=O) groups excluding carboxylic acids is 6. The fraction of sp³-hybridized carbons (Fsp3) is 0.901. The van der Waals surface area contributed by atoms with E-state index in [1.54, 1.807) is 11.8 Å². The number of amides is 1. The summed E-state index contributed by atoms with van der Waals surface area (Å²) >= 11 is 0. The SMILES string of the molecule is CCOC=O.C[C@@H]1CCC23C4OO[C@@]5(C)CCC41C2C(O5)N(COC=O)C(=O)[C@@H]3C.C[C@@H]1CCC23C4OO[C@@]5(C)CCC41C2C(OC(=NCOC=O)[C@@H]3C)O5.C[C@@H]1CCC23C4OO[C@@]5(C)CCC41C2C(OC(=O)[C@@H]3C)O5.C[C@@H]1CCC23C4OO[C@@]5(C)CCC41C2[C@H](OC(=NCC(=O)O)[C@@H]3C)O5.C[C@@H]1CCC23C4OO[C@@]5(C)CCC41C2[C@H](OC1(NCC(=O)O1)[C@@H]3C)O5. The first kappa shape index (κ1) is 87.2. The molecule has 16 heterocycles. The van der Waals surface area contributed by atoms with Gasteiger partial charge in [-0.3, -0.25) is 43.2 Å². The average Bonchev–Trinajstić information content (AvgIpc) is 1.26. The Morgan fingerprint density at radius 2 is 0.794 bits per heavy atom. The molecular weight excluding hydrogens is 1640 g/mol. The molecule has 0 aromatic rings. The lowest BCUT2D eigenvalue weighted by Crippen LogP contribution is -2.84. The molecule has 0 aromatic heterocycles. The van der Waals surface area contributed by atoms with Crippen LogP contribution in [-0.4, -0.2) is 195 Å². The molecule has 15 bridgehead atoms. The van der Waals surface area contributed by atoms with Crippen LogP contribution >= 0.6 is 0 Å². The van der Waals surface area contributed by atoms with Crippen molar-refractivity contribution in [3.8, 4) is 0 Å². The van der Waals surface area contributed by atoms with Crippen LogP contribution in [0.3, 0.4) is 0 Å². The van der Waals surface area contributed by atoms with E-state index in [0.29, 0.717) is 73.3 Å². The molecule has 698 valence electrons. The van der Waals surface area contributed by atoms with Crippen molar-refractivity contribution < 1.29 is 149 Å². The second kappa shape index (κ2) is 29.0. The predicted octanol–water partition coefficient (Wildman–Crippen LogP) is 10.8. The summed E-state index contributed by atoms with van der Waals surface area (Å²) < 4.78 is 75.3. The monoisotopic (exact) mass is 1770 g/mol. The number of likely N-dealkylation sites (tertiary alicyclic amines) is 1. The highest BCUT2D eigenvalue weighted by Crippen LogP contribution is 2.86. The van der Waals surface area contributed by atoms with Gasteiger partial charge in [-0.1, -0.05) is 69.2 Å². The molecule has 16 aliphatic heterocycles. The molecule has 35 nitrogen and oxygen atoms in total. The zero-order valence-corrected chi connectivity index (χ0v) is 75.4. The van der Waals surface area contributed by atoms with Crippen molar-refractivity contribution in [2.24, 2.45) is 153 Å². The maximum absolute atomic E-state index is 13.1. The van der Waals surface area contributed by atoms with Crippen LogP contribution in [0.4, 0.5) is 0 Å². The Morgan fingerprint density at radius 1 is 0.429 bits per heavy atom. The molecule has 1 amide bonds. The molecular formula is C91H128N4O31. The zero-order valence-electron chi connectivity index (χ0n) is 75.4. The number of aliphatic carboxylic acids is 1. The van der Waals surface area contributed by atoms with E-state index < -0.39 is 65.9 Å². The molecule has 15 saturated carbocycles. The minimum Gasteiger partial charge on any atom is -0.480 e. The number of carboxylic acid groups (broad SMARTS) is 1. The number of ether oxygens (including phenoxy) is 13. The number of nitrogens with zero attached hydrogens (tertiary/aromatic N) is 3. The smallest absolute Gasteiger partial charge is 0.325 e. The second-order valence-corrected chi connectivity index (χ2v) is 43.7. The van der Waals surface area contributed by atoms with Crippen LogP contribution < -0.4 is 5.32 Å². The number of carbonyl (C=O) groups is 7. The number of hydrogen-bond donors (Lipinski definition) is 2. The first-order chi connectivity index (χ1) is 59.9. The van der Waals surface area contributed by atoms with Gasteiger partial charge in [0.05, 0.1) is 19.1 Å². The molecule has 16 saturated heterocycles. The Hall–Kier alpha value is -5.45. The van der Waals surface area contributed by atoms with Crippen molar-refractivity contribution >= 4 is 55.0 Å². The van der Waals surface area contributed by atoms with Gasteiger partial charge in [-0.2, -0.15) is 0 Å². The minimum absolute atomic E-state index is 0.00106. The number of rotatable bonds is 10. The fourth-order valence-corrected chi connectivity index (χ4v) is 33.8. The van der Waals surface area contributed by atoms with Gasteiger partial charge >= 0.3 is 17.9 Å². The van der Waals surface area contributed by atoms with E-state index in [0.717, 1.165) is 122 Å². The number of esters is 2. The van der Waals surface area contributed by atoms with E-state index in [2.05, 4.69) is 75.4 Å². The minimum atomic E-state index is -1.12. The van der Waals surface area contributed by atoms with E-state index in [-0.39, 0.29) is 189 Å². The lowest BCUT2D eigenvalue weighted by Gasteiger charge is -2.78. The van der Waals surface area contributed by atoms with Gasteiger partial charge in [-0.05, 0) is 167 Å². The normalized spacial score (nSPS) is 57.5. The first-order valence-electron chi connectivity index (χ1n) is 47.0. The highest BCUT2D eigenvalue weighted by Gasteiger charge is 2.91. The second-order valence-electron chi connectivity index (χ2n) is 43.7. The molecule has 0 radical (unpaired) electrons. The van der Waals surface area contributed by atoms with Crippen LogP contribution in [0.1, 0.15) is 239 Å². The molecule has 15 aliphatic carbocycles. The van der Waals surface area contributed by atoms with Gasteiger partial charge < -0.3 is 61.9 Å². The largest absolute Gasteiger partial charge is 0.480 e. The van der Waals surface area contributed by atoms with Crippen LogP contribution in [0.5, 0.6) is 0 Å². The number of aliphatic imine (C=N–C) groups is 2. The van der Waals surface area contributed by atoms with E-state index in [1.807, 2.05) is 48.5 Å². The van der Waals surface area contributed by atoms with Gasteiger partial charge in [0.15, 0.2) is 31.5 Å². The summed E-state index contributed by atoms with van der Waals surface area (Å²) in [7, 11) is 0. The van der Waals surface area contributed by atoms with E-state index in [4.69, 9.17) is 111 Å². The lowest BCUT2D eigenvalue weighted by molar-refractivity contribution is -0.573. The lowest BCUT2D eigenvalue weighted by atomic mass is 9.30. The number of piperidine rings is 1. The maximum atomic E-state index is 13.1. The molecule has 0 aromatic carbocycles. The summed E-state index contributed by atoms with van der Waals surface area (Å²) in [4.78, 5) is 148. The third kappa shape index (κ3) is 10.9. The number of fused-ring (bicyclic) bond motifs is 20. The quantitative estimate of drug-likeness (QED) is 0.0674. The Labute approximate surface area is 733 Å². The van der Waals surface area contributed by atoms with Crippen LogP contribution in [0.2, 0.25) is 0 Å². The zero-order chi connectivity index (χ0) is 88.7. The molecule has 31 rings (SSSR count). The number of carboxylic acids is 1. The summed E-state index contributed by atoms with van der Waals surface area (Å²) in [5.41, 5.74) is -0.665. The summed E-state index contributed by atoms with van der Waals surface area (Å²) in [6.45, 7) is 34.6. The van der Waals surface area contributed by atoms with E-state index >= 15 is 0 Å². The third-order valence-corrected chi connectivity index (χ3v) is 39.8. The Balaban J connectivity index is 0.0000000949. The summed E-state index contributed by atoms with van der Waals surface area (Å²) in [5, 5.41) is 12.2. The molecule has 24 unspecified atom stereocenters. The molecule has 31 aliphatic rings. The third-order valence-electron chi connectivity index (χ3n) is 39.8. The van der Waals surface area contributed by atoms with Crippen molar-refractivity contribution in [2.45, 2.75) is 336 Å². The number of hydrogen-bond acceptors (Lipinski definition) is 33. The van der Waals surface area contributed by atoms with E-state index in [1.165, 1.54) is 6.42 Å². The average molecular weight is 1770 g/mol. The molecule has 11 spiro atoms. The summed E-state index contributed by atoms with van der Waals surface area (Å²) in [5.74, 6) is -1.96. The fourth-order valence-electron chi connectivity index (χ4n) is 33.8. The molecule has 31 fully saturated rings. The molecule has 2 N–H and O–H groups in total. The van der Waals surface area contributed by atoms with Crippen molar-refractivity contribution in [3.05, 3.63) is 0 Å². The van der Waals surface area contributed by atoms with Crippen LogP contribution in [0.15, 0.2) is 9.98 Å². The van der Waals surface area contributed by atoms with Gasteiger partial charge in [0, 0.05) is 140 Å². The molecule has 35 heteroatoms. The van der Waals surface area contributed by atoms with Gasteiger partial charge in [-0.25, -0.2) is 64.2 Å². The van der Waals surface area contributed by atoms with Gasteiger partial charge in [-0.15, -0.1) is 0 Å². The van der Waals surface area contributed by atoms with Crippen LogP contribution in [0, 0.1) is 143 Å². The van der Waals surface area contributed by atoms with Crippen molar-refractivity contribution in [3.63, 3.8) is 0 Å². The van der Waals surface area contributed by atoms with Crippen LogP contribution in [-0.2, 0) is 144 Å². The predicted molar refractivity (Wildman–Crippen MR) is 424 cm³/mol. The van der Waals surface area contributed by atoms with Crippen molar-refractivity contribution in [2.75, 3.05) is 33.2 Å². The highest BCUT2D eigenvalue weighted by molar-refractivity contribution is 5.84. The van der Waals surface area contributed by atoms with Crippen molar-refractivity contribution in [1.29, 1.82) is 0 Å². The summed E-state index contributed by atoms with van der Waals surface area (Å²) in [6.07, 6.45) is 17.5. The van der Waals surface area contributed by atoms with E-state index in [9.17, 15) is 33.6 Å². The standard InChI is InChI=1S/4C18H25NO6.C16H22O5.C3H6O2/c1-9-4-5-17-10(2)18(19-8-11(20)21-18)23-13-12(17)16(9)7-6-15(3,22-13)25-24-14(16)17;1-10-4-5-18-11(2)13(19-8-21-9-20)22-14-12(18)17(10)7-6-16(3,23-14)25-24-15(17)18;1-10-4-5-18-11(2)13(21)19(8-22-9-20)14-12(18)17(10)7-6-16(3,23-14)25-24-15(17)18;1-9-4-5-18-10(2)13(19-8-11(20)21)22-14-12(18)17(9)7-6-16(3,23-14)25-24-15(17)18;1-8-4-5-16-9(2)11(17)18-12-10(16)15(8)7-6-14(3,19-12)21-20-13(15)16;1-2-5-3-4/h9-10,12-14,19H,4-8H2,1-3H3;2*9-12,14-15H,4-8H2,1-3H3;9-10,12,14-15H,4-8H2,1-3H3,(H,20,21);8-10,12-13H,4-7H2,1-3H3;3H,2H2,1H3/t9-,10-,12?,13+,14?,15+,16?,17?,18?;2*10-,11+,12?,14?,15?,16+,17?,18?;9-,10+,12?,14-,15?,16+,17?,18?;8-,9+,10?,12?,13?,14+,15?,16?;/m11111./s1.